The van der Waals surface area contributed by atoms with Crippen LogP contribution >= 0.6 is 0 Å². The van der Waals surface area contributed by atoms with Gasteiger partial charge in [-0.1, -0.05) is 25.3 Å². The van der Waals surface area contributed by atoms with Crippen molar-refractivity contribution in [2.45, 2.75) is 83.5 Å². The first-order chi connectivity index (χ1) is 24.2. The van der Waals surface area contributed by atoms with Gasteiger partial charge in [0.25, 0.3) is 5.91 Å². The molecule has 0 bridgehead atoms. The topological polar surface area (TPSA) is 130 Å². The molecule has 3 amide bonds. The van der Waals surface area contributed by atoms with Gasteiger partial charge in [0, 0.05) is 81.7 Å². The van der Waals surface area contributed by atoms with Crippen molar-refractivity contribution in [1.82, 2.24) is 23.4 Å². The number of rotatable bonds is 6. The van der Waals surface area contributed by atoms with Crippen LogP contribution in [0.1, 0.15) is 86.2 Å². The summed E-state index contributed by atoms with van der Waals surface area (Å²) in [6.45, 7) is 7.30. The first-order valence-electron chi connectivity index (χ1n) is 18.0. The second kappa shape index (κ2) is 13.2. The van der Waals surface area contributed by atoms with Crippen molar-refractivity contribution in [3.63, 3.8) is 0 Å². The molecular weight excluding hydrogens is 671 g/mol. The Hall–Kier alpha value is -3.94. The highest BCUT2D eigenvalue weighted by Crippen LogP contribution is 2.55. The molecule has 4 heterocycles. The summed E-state index contributed by atoms with van der Waals surface area (Å²) in [4.78, 5) is 45.7. The highest BCUT2D eigenvalue weighted by atomic mass is 32.2. The van der Waals surface area contributed by atoms with Crippen molar-refractivity contribution in [3.8, 4) is 17.0 Å². The zero-order chi connectivity index (χ0) is 36.4. The summed E-state index contributed by atoms with van der Waals surface area (Å²) in [5, 5.41) is 0.988. The van der Waals surface area contributed by atoms with Crippen LogP contribution in [0.25, 0.3) is 22.2 Å². The minimum absolute atomic E-state index is 0.0214. The maximum Gasteiger partial charge on any atom is 0.303 e. The Kier molecular flexibility index (Phi) is 9.20. The van der Waals surface area contributed by atoms with E-state index in [9.17, 15) is 18.0 Å². The SMILES string of the molecule is COc1ccc2c(c1)C1CN(C(C)=O)CC1(C(=O)N1C[C@@H](C)O[C@@H](C)C1)Cn1c-2c(C2CCCCC2)c2ccc(C(=O)NS(=O)(=O)N(C)C)cc21. The van der Waals surface area contributed by atoms with Crippen LogP contribution in [-0.4, -0.2) is 104 Å². The van der Waals surface area contributed by atoms with Gasteiger partial charge in [-0.05, 0) is 74.1 Å². The van der Waals surface area contributed by atoms with E-state index in [2.05, 4.69) is 15.4 Å². The average molecular weight is 720 g/mol. The monoisotopic (exact) mass is 719 g/mol. The van der Waals surface area contributed by atoms with Gasteiger partial charge in [-0.15, -0.1) is 0 Å². The number of fused-ring (bicyclic) bond motifs is 7. The summed E-state index contributed by atoms with van der Waals surface area (Å²) < 4.78 is 42.5. The van der Waals surface area contributed by atoms with Gasteiger partial charge >= 0.3 is 10.2 Å². The number of amides is 3. The van der Waals surface area contributed by atoms with Gasteiger partial charge in [0.05, 0.1) is 30.4 Å². The van der Waals surface area contributed by atoms with Crippen molar-refractivity contribution >= 4 is 38.8 Å². The number of morpholine rings is 1. The van der Waals surface area contributed by atoms with E-state index in [-0.39, 0.29) is 54.5 Å². The summed E-state index contributed by atoms with van der Waals surface area (Å²) >= 11 is 0. The van der Waals surface area contributed by atoms with E-state index in [0.29, 0.717) is 25.4 Å². The zero-order valence-electron chi connectivity index (χ0n) is 30.4. The van der Waals surface area contributed by atoms with Crippen molar-refractivity contribution in [2.75, 3.05) is 47.4 Å². The molecule has 12 nitrogen and oxygen atoms in total. The van der Waals surface area contributed by atoms with Crippen LogP contribution in [0.4, 0.5) is 0 Å². The second-order valence-corrected chi connectivity index (χ2v) is 17.0. The van der Waals surface area contributed by atoms with Crippen molar-refractivity contribution in [2.24, 2.45) is 5.41 Å². The highest BCUT2D eigenvalue weighted by Gasteiger charge is 2.58. The molecule has 51 heavy (non-hydrogen) atoms. The molecule has 7 rings (SSSR count). The van der Waals surface area contributed by atoms with Crippen LogP contribution in [-0.2, 0) is 31.1 Å². The molecule has 0 spiro atoms. The standard InChI is InChI=1S/C38H49N5O7S/c1-23-18-41(19-24(2)50-23)37(46)38-21-42(25(3)44)20-32(38)31-17-28(49-6)13-15-29(31)35-34(26-10-8-7-9-11-26)30-14-12-27(16-33(30)43(35)22-38)36(45)39-51(47,48)40(4)5/h12-17,23-24,26,32H,7-11,18-22H2,1-6H3,(H,39,45)/t23-,24+,32?,38?. The summed E-state index contributed by atoms with van der Waals surface area (Å²) in [5.74, 6) is -0.242. The average Bonchev–Trinajstić information content (AvgIpc) is 3.61. The number of aromatic nitrogens is 1. The third-order valence-electron chi connectivity index (χ3n) is 11.5. The van der Waals surface area contributed by atoms with Gasteiger partial charge in [-0.3, -0.25) is 14.4 Å². The fourth-order valence-corrected chi connectivity index (χ4v) is 9.68. The van der Waals surface area contributed by atoms with Crippen molar-refractivity contribution in [3.05, 3.63) is 53.1 Å². The fraction of sp³-hybridized carbons (Fsp3) is 0.553. The smallest absolute Gasteiger partial charge is 0.303 e. The molecule has 2 saturated heterocycles. The van der Waals surface area contributed by atoms with E-state index in [1.807, 2.05) is 36.9 Å². The molecule has 1 saturated carbocycles. The number of likely N-dealkylation sites (tertiary alicyclic amines) is 1. The summed E-state index contributed by atoms with van der Waals surface area (Å²) in [6, 6.07) is 11.5. The van der Waals surface area contributed by atoms with Crippen molar-refractivity contribution in [1.29, 1.82) is 0 Å². The van der Waals surface area contributed by atoms with Gasteiger partial charge in [-0.2, -0.15) is 12.7 Å². The van der Waals surface area contributed by atoms with Gasteiger partial charge in [-0.25, -0.2) is 4.72 Å². The molecule has 3 fully saturated rings. The summed E-state index contributed by atoms with van der Waals surface area (Å²) in [5.41, 5.74) is 4.09. The molecule has 2 unspecified atom stereocenters. The predicted molar refractivity (Wildman–Crippen MR) is 194 cm³/mol. The van der Waals surface area contributed by atoms with E-state index in [4.69, 9.17) is 9.47 Å². The normalized spacial score (nSPS) is 25.3. The number of nitrogens with zero attached hydrogens (tertiary/aromatic N) is 4. The number of benzene rings is 2. The molecule has 1 aromatic heterocycles. The maximum absolute atomic E-state index is 15.3. The number of ether oxygens (including phenoxy) is 2. The first-order valence-corrected chi connectivity index (χ1v) is 19.5. The molecule has 1 N–H and O–H groups in total. The van der Waals surface area contributed by atoms with E-state index in [1.54, 1.807) is 31.1 Å². The Morgan fingerprint density at radius 2 is 1.65 bits per heavy atom. The van der Waals surface area contributed by atoms with Crippen LogP contribution < -0.4 is 9.46 Å². The first kappa shape index (κ1) is 35.5. The van der Waals surface area contributed by atoms with E-state index in [1.165, 1.54) is 26.1 Å². The predicted octanol–water partition coefficient (Wildman–Crippen LogP) is 4.48. The Balaban J connectivity index is 1.51. The van der Waals surface area contributed by atoms with E-state index >= 15 is 4.79 Å². The molecule has 2 aromatic carbocycles. The Labute approximate surface area is 300 Å². The molecular formula is C38H49N5O7S. The number of hydrogen-bond donors (Lipinski definition) is 1. The van der Waals surface area contributed by atoms with E-state index in [0.717, 1.165) is 57.7 Å². The quantitative estimate of drug-likeness (QED) is 0.398. The minimum Gasteiger partial charge on any atom is -0.497 e. The largest absolute Gasteiger partial charge is 0.497 e. The molecule has 3 aliphatic heterocycles. The summed E-state index contributed by atoms with van der Waals surface area (Å²) in [6.07, 6.45) is 5.17. The Morgan fingerprint density at radius 3 is 2.29 bits per heavy atom. The lowest BCUT2D eigenvalue weighted by molar-refractivity contribution is -0.155. The Bertz CT molecular complexity index is 1990. The number of carbonyl (C=O) groups is 3. The molecule has 1 aliphatic carbocycles. The zero-order valence-corrected chi connectivity index (χ0v) is 31.2. The summed E-state index contributed by atoms with van der Waals surface area (Å²) in [7, 11) is 0.333. The number of carbonyl (C=O) groups excluding carboxylic acids is 3. The van der Waals surface area contributed by atoms with Crippen molar-refractivity contribution < 1.29 is 32.3 Å². The molecule has 0 radical (unpaired) electrons. The van der Waals surface area contributed by atoms with Gasteiger partial charge < -0.3 is 23.8 Å². The highest BCUT2D eigenvalue weighted by molar-refractivity contribution is 7.87. The molecule has 13 heteroatoms. The molecule has 4 aliphatic rings. The van der Waals surface area contributed by atoms with Crippen LogP contribution in [0, 0.1) is 5.41 Å². The number of methoxy groups -OCH3 is 1. The number of nitrogens with one attached hydrogen (secondary N) is 1. The minimum atomic E-state index is -4.03. The third kappa shape index (κ3) is 6.10. The van der Waals surface area contributed by atoms with Crippen LogP contribution in [0.3, 0.4) is 0 Å². The molecule has 274 valence electrons. The van der Waals surface area contributed by atoms with Crippen LogP contribution in [0.5, 0.6) is 5.75 Å². The third-order valence-corrected chi connectivity index (χ3v) is 12.9. The fourth-order valence-electron chi connectivity index (χ4n) is 9.15. The lowest BCUT2D eigenvalue weighted by atomic mass is 9.72. The molecule has 3 aromatic rings. The second-order valence-electron chi connectivity index (χ2n) is 15.2. The Morgan fingerprint density at radius 1 is 0.941 bits per heavy atom. The van der Waals surface area contributed by atoms with E-state index < -0.39 is 21.5 Å². The van der Waals surface area contributed by atoms with Gasteiger partial charge in [0.1, 0.15) is 5.75 Å². The molecule has 4 atom stereocenters. The number of hydrogen-bond acceptors (Lipinski definition) is 7. The lowest BCUT2D eigenvalue weighted by Crippen LogP contribution is -2.56. The lowest BCUT2D eigenvalue weighted by Gasteiger charge is -2.42. The van der Waals surface area contributed by atoms with Crippen LogP contribution in [0.2, 0.25) is 0 Å². The van der Waals surface area contributed by atoms with Gasteiger partial charge in [0.2, 0.25) is 11.8 Å². The van der Waals surface area contributed by atoms with Crippen LogP contribution in [0.15, 0.2) is 36.4 Å². The maximum atomic E-state index is 15.3. The van der Waals surface area contributed by atoms with Gasteiger partial charge in [0.15, 0.2) is 0 Å².